The van der Waals surface area contributed by atoms with Crippen LogP contribution in [0.25, 0.3) is 0 Å². The molecule has 2 rings (SSSR count). The summed E-state index contributed by atoms with van der Waals surface area (Å²) in [5.41, 5.74) is 0. The van der Waals surface area contributed by atoms with Crippen LogP contribution in [0.5, 0.6) is 0 Å². The second-order valence-corrected chi connectivity index (χ2v) is 4.56. The molecule has 0 fully saturated rings. The minimum atomic E-state index is 0.594. The average molecular weight is 222 g/mol. The van der Waals surface area contributed by atoms with E-state index in [0.29, 0.717) is 6.04 Å². The minimum Gasteiger partial charge on any atom is -0.333 e. The number of hydrogen-bond acceptors (Lipinski definition) is 3. The molecule has 1 aliphatic heterocycles. The number of aromatic nitrogens is 2. The molecule has 4 nitrogen and oxygen atoms in total. The summed E-state index contributed by atoms with van der Waals surface area (Å²) in [6.45, 7) is 9.89. The van der Waals surface area contributed by atoms with Crippen molar-refractivity contribution in [2.24, 2.45) is 0 Å². The summed E-state index contributed by atoms with van der Waals surface area (Å²) in [6.07, 6.45) is 5.18. The number of fused-ring (bicyclic) bond motifs is 1. The first-order valence-electron chi connectivity index (χ1n) is 6.26. The summed E-state index contributed by atoms with van der Waals surface area (Å²) in [5, 5.41) is 3.48. The monoisotopic (exact) mass is 222 g/mol. The lowest BCUT2D eigenvalue weighted by Crippen LogP contribution is -2.44. The van der Waals surface area contributed by atoms with Gasteiger partial charge in [0.1, 0.15) is 5.82 Å². The number of rotatable bonds is 5. The molecule has 0 bridgehead atoms. The Morgan fingerprint density at radius 1 is 1.50 bits per heavy atom. The topological polar surface area (TPSA) is 33.1 Å². The molecule has 1 atom stereocenters. The number of imidazole rings is 1. The van der Waals surface area contributed by atoms with Gasteiger partial charge in [0.25, 0.3) is 0 Å². The highest BCUT2D eigenvalue weighted by molar-refractivity contribution is 4.96. The van der Waals surface area contributed by atoms with Crippen LogP contribution < -0.4 is 5.32 Å². The first kappa shape index (κ1) is 11.6. The third-order valence-corrected chi connectivity index (χ3v) is 3.26. The molecule has 90 valence electrons. The molecule has 1 aliphatic rings. The zero-order valence-electron chi connectivity index (χ0n) is 10.3. The highest BCUT2D eigenvalue weighted by atomic mass is 15.3. The SMILES string of the molecule is CCCNCC(C)N1CCn2ccnc2C1. The van der Waals surface area contributed by atoms with Crippen LogP contribution >= 0.6 is 0 Å². The van der Waals surface area contributed by atoms with Crippen LogP contribution in [0.4, 0.5) is 0 Å². The van der Waals surface area contributed by atoms with Gasteiger partial charge in [-0.05, 0) is 19.9 Å². The van der Waals surface area contributed by atoms with Gasteiger partial charge < -0.3 is 9.88 Å². The van der Waals surface area contributed by atoms with E-state index in [4.69, 9.17) is 0 Å². The Kier molecular flexibility index (Phi) is 3.96. The fraction of sp³-hybridized carbons (Fsp3) is 0.750. The molecule has 1 unspecified atom stereocenters. The van der Waals surface area contributed by atoms with Crippen LogP contribution in [0.15, 0.2) is 12.4 Å². The summed E-state index contributed by atoms with van der Waals surface area (Å²) < 4.78 is 2.25. The van der Waals surface area contributed by atoms with E-state index in [-0.39, 0.29) is 0 Å². The Morgan fingerprint density at radius 2 is 2.38 bits per heavy atom. The Labute approximate surface area is 97.7 Å². The molecule has 0 aromatic carbocycles. The molecule has 4 heteroatoms. The highest BCUT2D eigenvalue weighted by Crippen LogP contribution is 2.12. The largest absolute Gasteiger partial charge is 0.333 e. The van der Waals surface area contributed by atoms with E-state index in [9.17, 15) is 0 Å². The second-order valence-electron chi connectivity index (χ2n) is 4.56. The van der Waals surface area contributed by atoms with Crippen LogP contribution in [0.3, 0.4) is 0 Å². The van der Waals surface area contributed by atoms with Crippen molar-refractivity contribution in [1.29, 1.82) is 0 Å². The van der Waals surface area contributed by atoms with Gasteiger partial charge in [-0.15, -0.1) is 0 Å². The normalized spacial score (nSPS) is 18.4. The first-order chi connectivity index (χ1) is 7.81. The van der Waals surface area contributed by atoms with E-state index < -0.39 is 0 Å². The predicted molar refractivity (Wildman–Crippen MR) is 65.3 cm³/mol. The lowest BCUT2D eigenvalue weighted by atomic mass is 10.2. The van der Waals surface area contributed by atoms with Crippen molar-refractivity contribution in [2.45, 2.75) is 39.4 Å². The molecular weight excluding hydrogens is 200 g/mol. The minimum absolute atomic E-state index is 0.594. The summed E-state index contributed by atoms with van der Waals surface area (Å²) >= 11 is 0. The fourth-order valence-corrected chi connectivity index (χ4v) is 2.19. The van der Waals surface area contributed by atoms with Crippen LogP contribution in [-0.2, 0) is 13.1 Å². The maximum Gasteiger partial charge on any atom is 0.122 e. The van der Waals surface area contributed by atoms with Crippen LogP contribution in [0.2, 0.25) is 0 Å². The van der Waals surface area contributed by atoms with Gasteiger partial charge >= 0.3 is 0 Å². The lowest BCUT2D eigenvalue weighted by molar-refractivity contribution is 0.160. The lowest BCUT2D eigenvalue weighted by Gasteiger charge is -2.32. The number of hydrogen-bond donors (Lipinski definition) is 1. The maximum atomic E-state index is 4.39. The van der Waals surface area contributed by atoms with Crippen LogP contribution in [-0.4, -0.2) is 40.1 Å². The number of nitrogens with one attached hydrogen (secondary N) is 1. The van der Waals surface area contributed by atoms with Crippen molar-refractivity contribution in [3.63, 3.8) is 0 Å². The Bertz CT molecular complexity index is 321. The quantitative estimate of drug-likeness (QED) is 0.757. The van der Waals surface area contributed by atoms with E-state index >= 15 is 0 Å². The Hall–Kier alpha value is -0.870. The van der Waals surface area contributed by atoms with Crippen LogP contribution in [0, 0.1) is 0 Å². The fourth-order valence-electron chi connectivity index (χ4n) is 2.19. The standard InChI is InChI=1S/C12H22N4/c1-3-4-13-9-11(2)16-8-7-15-6-5-14-12(15)10-16/h5-6,11,13H,3-4,7-10H2,1-2H3. The van der Waals surface area contributed by atoms with E-state index in [1.807, 2.05) is 6.20 Å². The van der Waals surface area contributed by atoms with Crippen molar-refractivity contribution in [3.8, 4) is 0 Å². The molecule has 1 aromatic heterocycles. The number of nitrogens with zero attached hydrogens (tertiary/aromatic N) is 3. The van der Waals surface area contributed by atoms with E-state index in [1.54, 1.807) is 0 Å². The van der Waals surface area contributed by atoms with E-state index in [1.165, 1.54) is 12.2 Å². The van der Waals surface area contributed by atoms with Gasteiger partial charge in [-0.2, -0.15) is 0 Å². The molecule has 2 heterocycles. The highest BCUT2D eigenvalue weighted by Gasteiger charge is 2.20. The van der Waals surface area contributed by atoms with Crippen molar-refractivity contribution in [1.82, 2.24) is 19.8 Å². The third kappa shape index (κ3) is 2.62. The zero-order chi connectivity index (χ0) is 11.4. The van der Waals surface area contributed by atoms with Gasteiger partial charge in [0.15, 0.2) is 0 Å². The van der Waals surface area contributed by atoms with Gasteiger partial charge in [-0.25, -0.2) is 4.98 Å². The maximum absolute atomic E-state index is 4.39. The van der Waals surface area contributed by atoms with E-state index in [2.05, 4.69) is 39.8 Å². The molecule has 0 aliphatic carbocycles. The Morgan fingerprint density at radius 3 is 3.19 bits per heavy atom. The summed E-state index contributed by atoms with van der Waals surface area (Å²) in [5.74, 6) is 1.20. The molecule has 1 N–H and O–H groups in total. The Balaban J connectivity index is 1.83. The van der Waals surface area contributed by atoms with Gasteiger partial charge in [0, 0.05) is 38.1 Å². The zero-order valence-corrected chi connectivity index (χ0v) is 10.3. The first-order valence-corrected chi connectivity index (χ1v) is 6.26. The van der Waals surface area contributed by atoms with Crippen LogP contribution in [0.1, 0.15) is 26.1 Å². The molecule has 0 radical (unpaired) electrons. The van der Waals surface area contributed by atoms with Gasteiger partial charge in [-0.3, -0.25) is 4.90 Å². The smallest absolute Gasteiger partial charge is 0.122 e. The summed E-state index contributed by atoms with van der Waals surface area (Å²) in [4.78, 5) is 6.89. The summed E-state index contributed by atoms with van der Waals surface area (Å²) in [7, 11) is 0. The van der Waals surface area contributed by atoms with Crippen molar-refractivity contribution < 1.29 is 0 Å². The predicted octanol–water partition coefficient (Wildman–Crippen LogP) is 1.09. The third-order valence-electron chi connectivity index (χ3n) is 3.26. The molecule has 1 aromatic rings. The van der Waals surface area contributed by atoms with Crippen molar-refractivity contribution >= 4 is 0 Å². The van der Waals surface area contributed by atoms with Gasteiger partial charge in [-0.1, -0.05) is 6.92 Å². The van der Waals surface area contributed by atoms with Crippen molar-refractivity contribution in [2.75, 3.05) is 19.6 Å². The molecule has 0 spiro atoms. The van der Waals surface area contributed by atoms with Gasteiger partial charge in [0.2, 0.25) is 0 Å². The van der Waals surface area contributed by atoms with Gasteiger partial charge in [0.05, 0.1) is 6.54 Å². The van der Waals surface area contributed by atoms with E-state index in [0.717, 1.165) is 32.7 Å². The average Bonchev–Trinajstić information content (AvgIpc) is 2.76. The molecular formula is C12H22N4. The molecule has 0 saturated carbocycles. The van der Waals surface area contributed by atoms with Crippen molar-refractivity contribution in [3.05, 3.63) is 18.2 Å². The second kappa shape index (κ2) is 5.46. The summed E-state index contributed by atoms with van der Waals surface area (Å²) in [6, 6.07) is 0.594. The molecule has 16 heavy (non-hydrogen) atoms. The molecule has 0 saturated heterocycles. The molecule has 0 amide bonds.